The second-order valence-electron chi connectivity index (χ2n) is 6.63. The molecule has 0 radical (unpaired) electrons. The smallest absolute Gasteiger partial charge is 0.113 e. The van der Waals surface area contributed by atoms with Crippen LogP contribution < -0.4 is 10.2 Å². The summed E-state index contributed by atoms with van der Waals surface area (Å²) in [5, 5.41) is 1.35. The Morgan fingerprint density at radius 1 is 1.17 bits per heavy atom. The summed E-state index contributed by atoms with van der Waals surface area (Å²) in [5.41, 5.74) is 2.07. The number of ether oxygens (including phenoxy) is 1. The Hall–Kier alpha value is -0.510. The average molecular weight is 351 g/mol. The third kappa shape index (κ3) is 3.47. The number of hydrogen-bond donors (Lipinski definition) is 1. The van der Waals surface area contributed by atoms with Crippen LogP contribution in [0.4, 0.5) is 0 Å². The van der Waals surface area contributed by atoms with Gasteiger partial charge in [-0.1, -0.05) is 42.1 Å². The summed E-state index contributed by atoms with van der Waals surface area (Å²) >= 11 is 6.41. The van der Waals surface area contributed by atoms with Crippen molar-refractivity contribution in [1.82, 2.24) is 4.67 Å². The van der Waals surface area contributed by atoms with E-state index in [2.05, 4.69) is 55.2 Å². The van der Waals surface area contributed by atoms with Gasteiger partial charge in [-0.25, -0.2) is 0 Å². The van der Waals surface area contributed by atoms with Crippen LogP contribution in [0.5, 0.6) is 0 Å². The number of hydrogen-bond acceptors (Lipinski definition) is 2. The average Bonchev–Trinajstić information content (AvgIpc) is 2.62. The Morgan fingerprint density at radius 2 is 1.87 bits per heavy atom. The molecular weight excluding hydrogens is 323 g/mol. The summed E-state index contributed by atoms with van der Waals surface area (Å²) in [7, 11) is 4.35. The van der Waals surface area contributed by atoms with Gasteiger partial charge in [0.25, 0.3) is 0 Å². The number of nitrogens with zero attached hydrogens (tertiary/aromatic N) is 1. The van der Waals surface area contributed by atoms with Gasteiger partial charge in [-0.2, -0.15) is 0 Å². The highest BCUT2D eigenvalue weighted by molar-refractivity contribution is 8.17. The third-order valence-corrected chi connectivity index (χ3v) is 11.0. The van der Waals surface area contributed by atoms with E-state index >= 15 is 0 Å². The van der Waals surface area contributed by atoms with Crippen molar-refractivity contribution in [2.45, 2.75) is 24.9 Å². The summed E-state index contributed by atoms with van der Waals surface area (Å²) in [6, 6.07) is 10.8. The third-order valence-electron chi connectivity index (χ3n) is 5.05. The number of allylic oxidation sites excluding steroid dienone is 2. The molecule has 2 atom stereocenters. The molecule has 0 saturated carbocycles. The first-order chi connectivity index (χ1) is 11.1. The number of morpholine rings is 1. The number of rotatable bonds is 4. The lowest BCUT2D eigenvalue weighted by Crippen LogP contribution is -3.13. The van der Waals surface area contributed by atoms with Crippen LogP contribution in [0.25, 0.3) is 0 Å². The van der Waals surface area contributed by atoms with Gasteiger partial charge in [0.2, 0.25) is 0 Å². The van der Waals surface area contributed by atoms with Gasteiger partial charge in [0.15, 0.2) is 0 Å². The Bertz CT molecular complexity index is 596. The Morgan fingerprint density at radius 3 is 2.52 bits per heavy atom. The van der Waals surface area contributed by atoms with Crippen LogP contribution in [0.3, 0.4) is 0 Å². The molecule has 0 unspecified atom stereocenters. The molecule has 1 aliphatic carbocycles. The van der Waals surface area contributed by atoms with Crippen LogP contribution in [-0.2, 0) is 16.5 Å². The predicted octanol–water partition coefficient (Wildman–Crippen LogP) is 1.62. The van der Waals surface area contributed by atoms with Gasteiger partial charge < -0.3 is 9.64 Å². The van der Waals surface area contributed by atoms with Gasteiger partial charge in [0, 0.05) is 0 Å². The first-order valence-electron chi connectivity index (χ1n) is 8.60. The Balaban J connectivity index is 1.99. The molecule has 23 heavy (non-hydrogen) atoms. The molecule has 3 nitrogen and oxygen atoms in total. The van der Waals surface area contributed by atoms with Gasteiger partial charge in [0.1, 0.15) is 18.8 Å². The molecule has 1 heterocycles. The van der Waals surface area contributed by atoms with E-state index in [-0.39, 0.29) is 0 Å². The number of nitrogens with one attached hydrogen (secondary N) is 1. The van der Waals surface area contributed by atoms with Crippen molar-refractivity contribution >= 4 is 23.3 Å². The molecule has 0 amide bonds. The predicted molar refractivity (Wildman–Crippen MR) is 101 cm³/mol. The molecule has 1 aliphatic heterocycles. The highest BCUT2D eigenvalue weighted by Crippen LogP contribution is 2.56. The maximum Gasteiger partial charge on any atom is 0.113 e. The maximum absolute atomic E-state index is 6.41. The molecular formula is C18H28N2OPS+. The molecule has 126 valence electrons. The summed E-state index contributed by atoms with van der Waals surface area (Å²) in [6.07, 6.45) is 4.37. The molecule has 1 N–H and O–H groups in total. The lowest BCUT2D eigenvalue weighted by atomic mass is 10.0. The van der Waals surface area contributed by atoms with E-state index in [1.807, 2.05) is 0 Å². The van der Waals surface area contributed by atoms with Gasteiger partial charge in [0.05, 0.1) is 25.1 Å². The molecule has 1 aromatic rings. The SMILES string of the molecule is CN(C)[P@@](=S)(c1ccccc1)[C@@H]1CCCC=C1[NH+]1CCOCC1. The van der Waals surface area contributed by atoms with Gasteiger partial charge in [-0.15, -0.1) is 0 Å². The van der Waals surface area contributed by atoms with Crippen molar-refractivity contribution < 1.29 is 9.64 Å². The van der Waals surface area contributed by atoms with Crippen molar-refractivity contribution in [3.05, 3.63) is 42.1 Å². The fourth-order valence-electron chi connectivity index (χ4n) is 3.84. The molecule has 1 aromatic carbocycles. The summed E-state index contributed by atoms with van der Waals surface area (Å²) < 4.78 is 7.92. The number of quaternary nitrogens is 1. The second-order valence-corrected chi connectivity index (χ2v) is 11.5. The Kier molecular flexibility index (Phi) is 5.71. The zero-order valence-corrected chi connectivity index (χ0v) is 15.9. The maximum atomic E-state index is 6.41. The first-order valence-corrected chi connectivity index (χ1v) is 11.4. The lowest BCUT2D eigenvalue weighted by Gasteiger charge is -2.41. The van der Waals surface area contributed by atoms with Crippen molar-refractivity contribution in [3.63, 3.8) is 0 Å². The summed E-state index contributed by atoms with van der Waals surface area (Å²) in [6.45, 7) is 3.91. The standard InChI is InChI=1S/C18H27N2OPS/c1-19(2)22(23,16-8-4-3-5-9-16)18-11-7-6-10-17(18)20-12-14-21-15-13-20/h3-5,8-10,18H,6-7,11-15H2,1-2H3/p+1/t18-,22-/m1/s1. The quantitative estimate of drug-likeness (QED) is 0.831. The van der Waals surface area contributed by atoms with Crippen LogP contribution >= 0.6 is 6.19 Å². The second kappa shape index (κ2) is 7.58. The van der Waals surface area contributed by atoms with Crippen LogP contribution in [0.15, 0.2) is 42.1 Å². The van der Waals surface area contributed by atoms with Gasteiger partial charge in [-0.3, -0.25) is 4.67 Å². The van der Waals surface area contributed by atoms with Crippen LogP contribution in [0.2, 0.25) is 0 Å². The van der Waals surface area contributed by atoms with Gasteiger partial charge in [-0.05, 0) is 44.7 Å². The van der Waals surface area contributed by atoms with Crippen molar-refractivity contribution in [2.75, 3.05) is 40.4 Å². The van der Waals surface area contributed by atoms with Crippen molar-refractivity contribution in [1.29, 1.82) is 0 Å². The molecule has 3 rings (SSSR count). The van der Waals surface area contributed by atoms with Crippen LogP contribution in [-0.4, -0.2) is 50.7 Å². The van der Waals surface area contributed by atoms with E-state index in [1.54, 1.807) is 10.6 Å². The minimum atomic E-state index is -1.81. The fourth-order valence-corrected chi connectivity index (χ4v) is 8.04. The van der Waals surface area contributed by atoms with Crippen LogP contribution in [0.1, 0.15) is 19.3 Å². The highest BCUT2D eigenvalue weighted by atomic mass is 32.4. The van der Waals surface area contributed by atoms with E-state index in [4.69, 9.17) is 16.5 Å². The van der Waals surface area contributed by atoms with E-state index in [0.717, 1.165) is 26.3 Å². The largest absolute Gasteiger partial charge is 0.370 e. The zero-order valence-electron chi connectivity index (χ0n) is 14.2. The molecule has 0 spiro atoms. The lowest BCUT2D eigenvalue weighted by molar-refractivity contribution is -0.871. The molecule has 1 fully saturated rings. The molecule has 0 bridgehead atoms. The number of benzene rings is 1. The van der Waals surface area contributed by atoms with Crippen LogP contribution in [0, 0.1) is 0 Å². The minimum Gasteiger partial charge on any atom is -0.370 e. The van der Waals surface area contributed by atoms with E-state index < -0.39 is 6.19 Å². The molecule has 2 aliphatic rings. The molecule has 0 aromatic heterocycles. The first kappa shape index (κ1) is 17.3. The molecule has 1 saturated heterocycles. The summed E-state index contributed by atoms with van der Waals surface area (Å²) in [4.78, 5) is 1.60. The van der Waals surface area contributed by atoms with Gasteiger partial charge >= 0.3 is 0 Å². The fraction of sp³-hybridized carbons (Fsp3) is 0.556. The molecule has 5 heteroatoms. The van der Waals surface area contributed by atoms with Crippen molar-refractivity contribution in [3.8, 4) is 0 Å². The van der Waals surface area contributed by atoms with E-state index in [0.29, 0.717) is 5.66 Å². The van der Waals surface area contributed by atoms with E-state index in [9.17, 15) is 0 Å². The zero-order chi connectivity index (χ0) is 16.3. The highest BCUT2D eigenvalue weighted by Gasteiger charge is 2.40. The Labute approximate surface area is 145 Å². The van der Waals surface area contributed by atoms with E-state index in [1.165, 1.54) is 24.6 Å². The monoisotopic (exact) mass is 351 g/mol. The topological polar surface area (TPSA) is 16.9 Å². The summed E-state index contributed by atoms with van der Waals surface area (Å²) in [5.74, 6) is 0. The van der Waals surface area contributed by atoms with Crippen molar-refractivity contribution in [2.24, 2.45) is 0 Å². The minimum absolute atomic E-state index is 0.497. The normalized spacial score (nSPS) is 25.9.